The van der Waals surface area contributed by atoms with Gasteiger partial charge in [0.2, 0.25) is 0 Å². The second kappa shape index (κ2) is 3.91. The Labute approximate surface area is 99.6 Å². The molecule has 3 rings (SSSR count). The second-order valence-corrected chi connectivity index (χ2v) is 3.89. The molecule has 0 saturated heterocycles. The number of rotatable bonds is 2. The fraction of sp³-hybridized carbons (Fsp3) is 0. The third kappa shape index (κ3) is 1.54. The second-order valence-electron chi connectivity index (χ2n) is 3.89. The first-order valence-electron chi connectivity index (χ1n) is 5.54. The van der Waals surface area contributed by atoms with Crippen molar-refractivity contribution in [3.05, 3.63) is 60.9 Å². The topological polar surface area (TPSA) is 28.7 Å². The highest BCUT2D eigenvalue weighted by Crippen LogP contribution is 2.29. The van der Waals surface area contributed by atoms with Crippen LogP contribution in [0.15, 0.2) is 55.4 Å². The number of nitrogens with zero attached hydrogens (tertiary/aromatic N) is 1. The number of pyridine rings is 1. The molecule has 2 heteroatoms. The Morgan fingerprint density at radius 1 is 1.06 bits per heavy atom. The highest BCUT2D eigenvalue weighted by molar-refractivity contribution is 5.95. The first-order valence-corrected chi connectivity index (χ1v) is 5.54. The summed E-state index contributed by atoms with van der Waals surface area (Å²) in [6.07, 6.45) is 5.62. The molecule has 0 aliphatic heterocycles. The minimum Gasteiger partial charge on any atom is -0.346 e. The highest BCUT2D eigenvalue weighted by atomic mass is 14.8. The zero-order valence-electron chi connectivity index (χ0n) is 9.35. The Hall–Kier alpha value is -2.35. The van der Waals surface area contributed by atoms with E-state index in [1.54, 1.807) is 0 Å². The molecule has 0 saturated carbocycles. The molecule has 0 aliphatic rings. The van der Waals surface area contributed by atoms with Gasteiger partial charge in [0.05, 0.1) is 0 Å². The lowest BCUT2D eigenvalue weighted by Crippen LogP contribution is -1.85. The van der Waals surface area contributed by atoms with E-state index in [0.29, 0.717) is 0 Å². The van der Waals surface area contributed by atoms with Gasteiger partial charge in [0.15, 0.2) is 0 Å². The molecule has 2 aromatic heterocycles. The summed E-state index contributed by atoms with van der Waals surface area (Å²) in [5.41, 5.74) is 4.43. The van der Waals surface area contributed by atoms with Gasteiger partial charge in [-0.2, -0.15) is 0 Å². The molecular weight excluding hydrogens is 208 g/mol. The number of hydrogen-bond donors (Lipinski definition) is 1. The maximum absolute atomic E-state index is 4.30. The lowest BCUT2D eigenvalue weighted by molar-refractivity contribution is 1.33. The molecule has 3 aromatic rings. The molecule has 17 heavy (non-hydrogen) atoms. The van der Waals surface area contributed by atoms with Gasteiger partial charge in [-0.3, -0.25) is 0 Å². The van der Waals surface area contributed by atoms with Gasteiger partial charge in [0, 0.05) is 17.8 Å². The van der Waals surface area contributed by atoms with Crippen LogP contribution >= 0.6 is 0 Å². The van der Waals surface area contributed by atoms with Gasteiger partial charge >= 0.3 is 0 Å². The molecule has 0 aliphatic carbocycles. The van der Waals surface area contributed by atoms with E-state index in [4.69, 9.17) is 0 Å². The standard InChI is InChI=1S/C15H12N2/c1-2-11-5-3-4-6-12(11)13-7-9-16-15-14(13)8-10-17-15/h2-10H,1H2,(H,16,17). The molecule has 1 N–H and O–H groups in total. The van der Waals surface area contributed by atoms with E-state index in [9.17, 15) is 0 Å². The summed E-state index contributed by atoms with van der Waals surface area (Å²) < 4.78 is 0. The molecule has 0 bridgehead atoms. The number of fused-ring (bicyclic) bond motifs is 1. The third-order valence-corrected chi connectivity index (χ3v) is 2.93. The summed E-state index contributed by atoms with van der Waals surface area (Å²) in [4.78, 5) is 7.43. The first-order chi connectivity index (χ1) is 8.40. The van der Waals surface area contributed by atoms with E-state index in [1.807, 2.05) is 36.7 Å². The van der Waals surface area contributed by atoms with E-state index in [0.717, 1.165) is 16.6 Å². The van der Waals surface area contributed by atoms with E-state index in [-0.39, 0.29) is 0 Å². The van der Waals surface area contributed by atoms with E-state index in [1.165, 1.54) is 11.1 Å². The Bertz CT molecular complexity index is 680. The number of hydrogen-bond acceptors (Lipinski definition) is 1. The van der Waals surface area contributed by atoms with Crippen LogP contribution in [0.25, 0.3) is 28.2 Å². The van der Waals surface area contributed by atoms with Crippen molar-refractivity contribution in [2.75, 3.05) is 0 Å². The van der Waals surface area contributed by atoms with Crippen molar-refractivity contribution >= 4 is 17.1 Å². The van der Waals surface area contributed by atoms with Crippen LogP contribution in [0, 0.1) is 0 Å². The molecule has 0 radical (unpaired) electrons. The van der Waals surface area contributed by atoms with Crippen molar-refractivity contribution in [3.63, 3.8) is 0 Å². The third-order valence-electron chi connectivity index (χ3n) is 2.93. The van der Waals surface area contributed by atoms with Gasteiger partial charge in [-0.15, -0.1) is 0 Å². The molecule has 0 spiro atoms. The molecule has 1 aromatic carbocycles. The molecule has 2 heterocycles. The molecule has 0 unspecified atom stereocenters. The van der Waals surface area contributed by atoms with Crippen LogP contribution < -0.4 is 0 Å². The Morgan fingerprint density at radius 2 is 1.94 bits per heavy atom. The van der Waals surface area contributed by atoms with Crippen LogP contribution in [0.1, 0.15) is 5.56 Å². The number of benzene rings is 1. The van der Waals surface area contributed by atoms with E-state index >= 15 is 0 Å². The largest absolute Gasteiger partial charge is 0.346 e. The van der Waals surface area contributed by atoms with Gasteiger partial charge in [-0.25, -0.2) is 4.98 Å². The average molecular weight is 220 g/mol. The molecule has 2 nitrogen and oxygen atoms in total. The number of aromatic nitrogens is 2. The zero-order chi connectivity index (χ0) is 11.7. The lowest BCUT2D eigenvalue weighted by atomic mass is 9.98. The molecule has 82 valence electrons. The van der Waals surface area contributed by atoms with Crippen molar-refractivity contribution in [1.82, 2.24) is 9.97 Å². The summed E-state index contributed by atoms with van der Waals surface area (Å²) in [5.74, 6) is 0. The van der Waals surface area contributed by atoms with Gasteiger partial charge in [-0.05, 0) is 28.8 Å². The van der Waals surface area contributed by atoms with Crippen LogP contribution in [0.2, 0.25) is 0 Å². The monoisotopic (exact) mass is 220 g/mol. The number of aromatic amines is 1. The highest BCUT2D eigenvalue weighted by Gasteiger charge is 2.07. The maximum atomic E-state index is 4.30. The Balaban J connectivity index is 2.34. The molecule has 0 atom stereocenters. The zero-order valence-corrected chi connectivity index (χ0v) is 9.35. The summed E-state index contributed by atoms with van der Waals surface area (Å²) in [6, 6.07) is 12.3. The molecular formula is C15H12N2. The fourth-order valence-electron chi connectivity index (χ4n) is 2.12. The van der Waals surface area contributed by atoms with Crippen molar-refractivity contribution in [3.8, 4) is 11.1 Å². The van der Waals surface area contributed by atoms with Crippen LogP contribution in [0.5, 0.6) is 0 Å². The normalized spacial score (nSPS) is 10.6. The smallest absolute Gasteiger partial charge is 0.137 e. The van der Waals surface area contributed by atoms with Crippen LogP contribution in [-0.2, 0) is 0 Å². The summed E-state index contributed by atoms with van der Waals surface area (Å²) >= 11 is 0. The summed E-state index contributed by atoms with van der Waals surface area (Å²) in [7, 11) is 0. The van der Waals surface area contributed by atoms with Crippen LogP contribution in [-0.4, -0.2) is 9.97 Å². The Kier molecular flexibility index (Phi) is 2.26. The van der Waals surface area contributed by atoms with E-state index < -0.39 is 0 Å². The SMILES string of the molecule is C=Cc1ccccc1-c1ccnc2[nH]ccc12. The minimum absolute atomic E-state index is 0.918. The van der Waals surface area contributed by atoms with Gasteiger partial charge in [0.25, 0.3) is 0 Å². The van der Waals surface area contributed by atoms with Crippen molar-refractivity contribution < 1.29 is 0 Å². The van der Waals surface area contributed by atoms with Crippen molar-refractivity contribution in [1.29, 1.82) is 0 Å². The average Bonchev–Trinajstić information content (AvgIpc) is 2.86. The maximum Gasteiger partial charge on any atom is 0.137 e. The molecule has 0 amide bonds. The van der Waals surface area contributed by atoms with E-state index in [2.05, 4.69) is 34.7 Å². The first kappa shape index (κ1) is 9.85. The Morgan fingerprint density at radius 3 is 2.82 bits per heavy atom. The van der Waals surface area contributed by atoms with Crippen LogP contribution in [0.4, 0.5) is 0 Å². The number of H-pyrrole nitrogens is 1. The summed E-state index contributed by atoms with van der Waals surface area (Å²) in [5, 5.41) is 1.14. The van der Waals surface area contributed by atoms with Gasteiger partial charge in [0.1, 0.15) is 5.65 Å². The lowest BCUT2D eigenvalue weighted by Gasteiger charge is -2.07. The van der Waals surface area contributed by atoms with Crippen molar-refractivity contribution in [2.45, 2.75) is 0 Å². The predicted octanol–water partition coefficient (Wildman–Crippen LogP) is 3.87. The molecule has 0 fully saturated rings. The number of nitrogens with one attached hydrogen (secondary N) is 1. The van der Waals surface area contributed by atoms with Crippen LogP contribution in [0.3, 0.4) is 0 Å². The van der Waals surface area contributed by atoms with Gasteiger partial charge in [-0.1, -0.05) is 36.9 Å². The predicted molar refractivity (Wildman–Crippen MR) is 71.6 cm³/mol. The summed E-state index contributed by atoms with van der Waals surface area (Å²) in [6.45, 7) is 3.86. The quantitative estimate of drug-likeness (QED) is 0.697. The fourth-order valence-corrected chi connectivity index (χ4v) is 2.12. The van der Waals surface area contributed by atoms with Gasteiger partial charge < -0.3 is 4.98 Å². The minimum atomic E-state index is 0.918. The van der Waals surface area contributed by atoms with Crippen molar-refractivity contribution in [2.24, 2.45) is 0 Å².